The van der Waals surface area contributed by atoms with Gasteiger partial charge in [-0.1, -0.05) is 12.1 Å². The van der Waals surface area contributed by atoms with Gasteiger partial charge < -0.3 is 14.8 Å². The van der Waals surface area contributed by atoms with E-state index >= 15 is 0 Å². The first kappa shape index (κ1) is 22.1. The molecule has 6 heteroatoms. The molecule has 1 aliphatic rings. The Labute approximate surface area is 152 Å². The van der Waals surface area contributed by atoms with E-state index < -0.39 is 0 Å². The number of hydrogen-bond donors (Lipinski definition) is 1. The molecule has 0 aromatic heterocycles. The van der Waals surface area contributed by atoms with E-state index in [-0.39, 0.29) is 24.8 Å². The Kier molecular flexibility index (Phi) is 11.1. The summed E-state index contributed by atoms with van der Waals surface area (Å²) in [7, 11) is 1.68. The van der Waals surface area contributed by atoms with E-state index in [4.69, 9.17) is 9.47 Å². The van der Waals surface area contributed by atoms with Crippen LogP contribution in [0, 0.1) is 0 Å². The van der Waals surface area contributed by atoms with Crippen LogP contribution in [-0.2, 0) is 0 Å². The van der Waals surface area contributed by atoms with Gasteiger partial charge in [0.2, 0.25) is 0 Å². The normalized spacial score (nSPS) is 15.7. The van der Waals surface area contributed by atoms with Crippen LogP contribution in [0.2, 0.25) is 0 Å². The van der Waals surface area contributed by atoms with Crippen molar-refractivity contribution in [2.45, 2.75) is 19.4 Å². The zero-order chi connectivity index (χ0) is 15.1. The molecule has 1 aromatic carbocycles. The maximum Gasteiger partial charge on any atom is 0.161 e. The lowest BCUT2D eigenvalue weighted by Gasteiger charge is -2.35. The highest BCUT2D eigenvalue weighted by atomic mass is 35.5. The fourth-order valence-corrected chi connectivity index (χ4v) is 2.82. The van der Waals surface area contributed by atoms with Gasteiger partial charge >= 0.3 is 0 Å². The molecule has 23 heavy (non-hydrogen) atoms. The van der Waals surface area contributed by atoms with E-state index in [1.54, 1.807) is 7.11 Å². The summed E-state index contributed by atoms with van der Waals surface area (Å²) in [6.45, 7) is 10.8. The van der Waals surface area contributed by atoms with Crippen LogP contribution in [-0.4, -0.2) is 44.8 Å². The summed E-state index contributed by atoms with van der Waals surface area (Å²) >= 11 is 0. The molecule has 4 nitrogen and oxygen atoms in total. The first-order valence-corrected chi connectivity index (χ1v) is 7.66. The molecular formula is C17H28Cl2N2O2. The van der Waals surface area contributed by atoms with Gasteiger partial charge in [-0.15, -0.1) is 31.4 Å². The zero-order valence-corrected chi connectivity index (χ0v) is 15.5. The van der Waals surface area contributed by atoms with Gasteiger partial charge in [0.1, 0.15) is 0 Å². The van der Waals surface area contributed by atoms with Crippen molar-refractivity contribution in [2.24, 2.45) is 0 Å². The number of nitrogens with zero attached hydrogens (tertiary/aromatic N) is 1. The maximum atomic E-state index is 5.70. The molecule has 0 bridgehead atoms. The van der Waals surface area contributed by atoms with Crippen molar-refractivity contribution in [2.75, 3.05) is 39.9 Å². The number of halogens is 2. The number of hydrogen-bond acceptors (Lipinski definition) is 4. The minimum absolute atomic E-state index is 0. The molecule has 0 spiro atoms. The predicted molar refractivity (Wildman–Crippen MR) is 101 cm³/mol. The smallest absolute Gasteiger partial charge is 0.161 e. The number of piperazine rings is 1. The standard InChI is InChI=1S/C17H26N2O2.2ClH/c1-4-6-15(19-11-9-18-10-12-19)14-7-8-16(20-3)17(13-14)21-5-2;;/h4,7-8,13,15,18H,1,5-6,9-12H2,2-3H3;2*1H/t15-;;/m1../s1. The molecule has 0 unspecified atom stereocenters. The van der Waals surface area contributed by atoms with E-state index in [9.17, 15) is 0 Å². The number of nitrogens with one attached hydrogen (secondary N) is 1. The third kappa shape index (κ3) is 5.88. The lowest BCUT2D eigenvalue weighted by Crippen LogP contribution is -2.45. The molecular weight excluding hydrogens is 335 g/mol. The van der Waals surface area contributed by atoms with Crippen molar-refractivity contribution in [3.05, 3.63) is 36.4 Å². The fourth-order valence-electron chi connectivity index (χ4n) is 2.82. The fraction of sp³-hybridized carbons (Fsp3) is 0.529. The molecule has 1 heterocycles. The summed E-state index contributed by atoms with van der Waals surface area (Å²) in [6.07, 6.45) is 2.94. The average molecular weight is 363 g/mol. The Morgan fingerprint density at radius 3 is 2.52 bits per heavy atom. The Morgan fingerprint density at radius 1 is 1.26 bits per heavy atom. The molecule has 1 saturated heterocycles. The van der Waals surface area contributed by atoms with E-state index in [0.29, 0.717) is 12.6 Å². The quantitative estimate of drug-likeness (QED) is 0.753. The van der Waals surface area contributed by atoms with Crippen LogP contribution in [0.1, 0.15) is 24.9 Å². The summed E-state index contributed by atoms with van der Waals surface area (Å²) in [5.74, 6) is 1.61. The van der Waals surface area contributed by atoms with Gasteiger partial charge in [0.15, 0.2) is 11.5 Å². The van der Waals surface area contributed by atoms with Crippen molar-refractivity contribution in [3.8, 4) is 11.5 Å². The second-order valence-corrected chi connectivity index (χ2v) is 5.17. The van der Waals surface area contributed by atoms with Crippen LogP contribution in [0.15, 0.2) is 30.9 Å². The molecule has 1 aliphatic heterocycles. The first-order chi connectivity index (χ1) is 10.3. The lowest BCUT2D eigenvalue weighted by atomic mass is 10.0. The van der Waals surface area contributed by atoms with Gasteiger partial charge in [-0.25, -0.2) is 0 Å². The monoisotopic (exact) mass is 362 g/mol. The van der Waals surface area contributed by atoms with Crippen molar-refractivity contribution < 1.29 is 9.47 Å². The van der Waals surface area contributed by atoms with Crippen LogP contribution >= 0.6 is 24.8 Å². The predicted octanol–water partition coefficient (Wildman–Crippen LogP) is 3.46. The third-order valence-corrected chi connectivity index (χ3v) is 3.85. The molecule has 0 amide bonds. The van der Waals surface area contributed by atoms with Crippen molar-refractivity contribution in [1.29, 1.82) is 0 Å². The lowest BCUT2D eigenvalue weighted by molar-refractivity contribution is 0.174. The Morgan fingerprint density at radius 2 is 1.96 bits per heavy atom. The number of methoxy groups -OCH3 is 1. The van der Waals surface area contributed by atoms with E-state index in [0.717, 1.165) is 44.1 Å². The molecule has 0 radical (unpaired) electrons. The third-order valence-electron chi connectivity index (χ3n) is 3.85. The Bertz CT molecular complexity index is 466. The number of benzene rings is 1. The highest BCUT2D eigenvalue weighted by Gasteiger charge is 2.22. The molecule has 2 rings (SSSR count). The molecule has 0 aliphatic carbocycles. The molecule has 1 atom stereocenters. The molecule has 132 valence electrons. The van der Waals surface area contributed by atoms with Gasteiger partial charge in [0, 0.05) is 32.2 Å². The van der Waals surface area contributed by atoms with Crippen molar-refractivity contribution in [1.82, 2.24) is 10.2 Å². The summed E-state index contributed by atoms with van der Waals surface area (Å²) in [6, 6.07) is 6.60. The summed E-state index contributed by atoms with van der Waals surface area (Å²) in [5, 5.41) is 3.40. The zero-order valence-electron chi connectivity index (χ0n) is 13.9. The number of ether oxygens (including phenoxy) is 2. The van der Waals surface area contributed by atoms with E-state index in [1.165, 1.54) is 5.56 Å². The van der Waals surface area contributed by atoms with Crippen molar-refractivity contribution in [3.63, 3.8) is 0 Å². The van der Waals surface area contributed by atoms with Gasteiger partial charge in [-0.05, 0) is 31.0 Å². The highest BCUT2D eigenvalue weighted by molar-refractivity contribution is 5.85. The van der Waals surface area contributed by atoms with Crippen molar-refractivity contribution >= 4 is 24.8 Å². The Balaban J connectivity index is 0.00000242. The van der Waals surface area contributed by atoms with Gasteiger partial charge in [0.25, 0.3) is 0 Å². The van der Waals surface area contributed by atoms with Gasteiger partial charge in [0.05, 0.1) is 13.7 Å². The van der Waals surface area contributed by atoms with Gasteiger partial charge in [-0.2, -0.15) is 0 Å². The summed E-state index contributed by atoms with van der Waals surface area (Å²) in [4.78, 5) is 2.51. The summed E-state index contributed by atoms with van der Waals surface area (Å²) in [5.41, 5.74) is 1.26. The molecule has 1 aromatic rings. The largest absolute Gasteiger partial charge is 0.493 e. The van der Waals surface area contributed by atoms with Crippen LogP contribution in [0.3, 0.4) is 0 Å². The van der Waals surface area contributed by atoms with E-state index in [1.807, 2.05) is 19.1 Å². The Hall–Kier alpha value is -0.940. The SMILES string of the molecule is C=CC[C@H](c1ccc(OC)c(OCC)c1)N1CCNCC1.Cl.Cl. The molecule has 1 N–H and O–H groups in total. The second kappa shape index (κ2) is 11.6. The second-order valence-electron chi connectivity index (χ2n) is 5.17. The highest BCUT2D eigenvalue weighted by Crippen LogP contribution is 2.33. The topological polar surface area (TPSA) is 33.7 Å². The van der Waals surface area contributed by atoms with Crippen LogP contribution in [0.25, 0.3) is 0 Å². The van der Waals surface area contributed by atoms with Gasteiger partial charge in [-0.3, -0.25) is 4.90 Å². The van der Waals surface area contributed by atoms with E-state index in [2.05, 4.69) is 28.9 Å². The average Bonchev–Trinajstić information content (AvgIpc) is 2.54. The maximum absolute atomic E-state index is 5.70. The van der Waals surface area contributed by atoms with Crippen LogP contribution in [0.5, 0.6) is 11.5 Å². The summed E-state index contributed by atoms with van der Waals surface area (Å²) < 4.78 is 11.1. The minimum Gasteiger partial charge on any atom is -0.493 e. The molecule has 1 fully saturated rings. The number of rotatable bonds is 7. The first-order valence-electron chi connectivity index (χ1n) is 7.66. The van der Waals surface area contributed by atoms with Crippen LogP contribution < -0.4 is 14.8 Å². The molecule has 0 saturated carbocycles. The van der Waals surface area contributed by atoms with Crippen LogP contribution in [0.4, 0.5) is 0 Å². The minimum atomic E-state index is 0.